The Morgan fingerprint density at radius 2 is 2.05 bits per heavy atom. The molecule has 1 atom stereocenters. The summed E-state index contributed by atoms with van der Waals surface area (Å²) < 4.78 is 5.68. The van der Waals surface area contributed by atoms with Gasteiger partial charge in [0.2, 0.25) is 0 Å². The van der Waals surface area contributed by atoms with Crippen LogP contribution in [0.5, 0.6) is 5.75 Å². The van der Waals surface area contributed by atoms with Crippen molar-refractivity contribution in [1.29, 1.82) is 0 Å². The maximum atomic E-state index is 5.68. The van der Waals surface area contributed by atoms with Gasteiger partial charge in [0.15, 0.2) is 0 Å². The first-order valence-corrected chi connectivity index (χ1v) is 8.10. The van der Waals surface area contributed by atoms with E-state index >= 15 is 0 Å². The highest BCUT2D eigenvalue weighted by Crippen LogP contribution is 2.33. The summed E-state index contributed by atoms with van der Waals surface area (Å²) in [6.07, 6.45) is 3.28. The van der Waals surface area contributed by atoms with Gasteiger partial charge in [0.05, 0.1) is 6.61 Å². The van der Waals surface area contributed by atoms with Crippen molar-refractivity contribution in [3.05, 3.63) is 64.7 Å². The Morgan fingerprint density at radius 3 is 2.90 bits per heavy atom. The van der Waals surface area contributed by atoms with Crippen LogP contribution in [0.2, 0.25) is 0 Å². The van der Waals surface area contributed by atoms with Crippen LogP contribution in [0.4, 0.5) is 0 Å². The lowest BCUT2D eigenvalue weighted by atomic mass is 9.97. The van der Waals surface area contributed by atoms with Crippen LogP contribution in [-0.4, -0.2) is 6.61 Å². The Labute approximate surface area is 129 Å². The summed E-state index contributed by atoms with van der Waals surface area (Å²) in [5.41, 5.74) is 5.46. The zero-order chi connectivity index (χ0) is 13.9. The SMILES string of the molecule is Cc1ccccc1CC(Br)c1ccc2c(c1)CCCO2. The molecule has 104 valence electrons. The highest BCUT2D eigenvalue weighted by atomic mass is 79.9. The molecular formula is C18H19BrO. The van der Waals surface area contributed by atoms with Crippen LogP contribution in [-0.2, 0) is 12.8 Å². The van der Waals surface area contributed by atoms with E-state index in [1.807, 2.05) is 0 Å². The largest absolute Gasteiger partial charge is 0.493 e. The van der Waals surface area contributed by atoms with E-state index in [1.165, 1.54) is 22.3 Å². The molecule has 1 aliphatic heterocycles. The van der Waals surface area contributed by atoms with Gasteiger partial charge in [-0.3, -0.25) is 0 Å². The van der Waals surface area contributed by atoms with E-state index in [4.69, 9.17) is 4.74 Å². The molecule has 0 aliphatic carbocycles. The second kappa shape index (κ2) is 6.01. The Balaban J connectivity index is 1.80. The van der Waals surface area contributed by atoms with E-state index in [0.717, 1.165) is 31.6 Å². The van der Waals surface area contributed by atoms with Crippen molar-refractivity contribution in [1.82, 2.24) is 0 Å². The molecule has 0 amide bonds. The lowest BCUT2D eigenvalue weighted by Gasteiger charge is -2.19. The number of hydrogen-bond donors (Lipinski definition) is 0. The van der Waals surface area contributed by atoms with Crippen molar-refractivity contribution in [3.8, 4) is 5.75 Å². The second-order valence-electron chi connectivity index (χ2n) is 5.42. The molecule has 1 unspecified atom stereocenters. The number of benzene rings is 2. The molecule has 0 spiro atoms. The Bertz CT molecular complexity index is 606. The number of hydrogen-bond acceptors (Lipinski definition) is 1. The fourth-order valence-corrected chi connectivity index (χ4v) is 3.36. The van der Waals surface area contributed by atoms with E-state index < -0.39 is 0 Å². The molecule has 20 heavy (non-hydrogen) atoms. The average molecular weight is 331 g/mol. The summed E-state index contributed by atoms with van der Waals surface area (Å²) in [5, 5.41) is 0. The van der Waals surface area contributed by atoms with Crippen LogP contribution in [0.1, 0.15) is 33.5 Å². The quantitative estimate of drug-likeness (QED) is 0.719. The van der Waals surface area contributed by atoms with Gasteiger partial charge in [-0.25, -0.2) is 0 Å². The molecule has 0 saturated heterocycles. The predicted octanol–water partition coefficient (Wildman–Crippen LogP) is 5.00. The van der Waals surface area contributed by atoms with Gasteiger partial charge in [0.25, 0.3) is 0 Å². The highest BCUT2D eigenvalue weighted by Gasteiger charge is 2.15. The topological polar surface area (TPSA) is 9.23 Å². The van der Waals surface area contributed by atoms with Gasteiger partial charge in [-0.2, -0.15) is 0 Å². The monoisotopic (exact) mass is 330 g/mol. The summed E-state index contributed by atoms with van der Waals surface area (Å²) in [4.78, 5) is 0.357. The minimum atomic E-state index is 0.357. The molecule has 1 heterocycles. The highest BCUT2D eigenvalue weighted by molar-refractivity contribution is 9.09. The van der Waals surface area contributed by atoms with Gasteiger partial charge >= 0.3 is 0 Å². The summed E-state index contributed by atoms with van der Waals surface area (Å²) >= 11 is 3.84. The van der Waals surface area contributed by atoms with Crippen LogP contribution >= 0.6 is 15.9 Å². The van der Waals surface area contributed by atoms with Gasteiger partial charge in [-0.1, -0.05) is 52.3 Å². The van der Waals surface area contributed by atoms with Gasteiger partial charge in [-0.15, -0.1) is 0 Å². The van der Waals surface area contributed by atoms with Crippen LogP contribution in [0.3, 0.4) is 0 Å². The molecule has 3 rings (SSSR count). The Kier molecular flexibility index (Phi) is 4.11. The maximum absolute atomic E-state index is 5.68. The van der Waals surface area contributed by atoms with Gasteiger partial charge in [-0.05, 0) is 54.5 Å². The van der Waals surface area contributed by atoms with Crippen molar-refractivity contribution >= 4 is 15.9 Å². The van der Waals surface area contributed by atoms with Crippen molar-refractivity contribution in [2.45, 2.75) is 31.0 Å². The van der Waals surface area contributed by atoms with Crippen molar-refractivity contribution in [3.63, 3.8) is 0 Å². The number of halogens is 1. The summed E-state index contributed by atoms with van der Waals surface area (Å²) in [5.74, 6) is 1.07. The second-order valence-corrected chi connectivity index (χ2v) is 6.52. The Hall–Kier alpha value is -1.28. The third-order valence-corrected chi connectivity index (χ3v) is 4.81. The van der Waals surface area contributed by atoms with E-state index in [-0.39, 0.29) is 0 Å². The van der Waals surface area contributed by atoms with Gasteiger partial charge < -0.3 is 4.74 Å². The van der Waals surface area contributed by atoms with Crippen LogP contribution in [0.25, 0.3) is 0 Å². The molecule has 2 aromatic carbocycles. The Morgan fingerprint density at radius 1 is 1.20 bits per heavy atom. The molecular weight excluding hydrogens is 312 g/mol. The number of aryl methyl sites for hydroxylation is 2. The standard InChI is InChI=1S/C18H19BrO/c1-13-5-2-3-6-14(13)12-17(19)15-8-9-18-16(11-15)7-4-10-20-18/h2-3,5-6,8-9,11,17H,4,7,10,12H2,1H3. The number of fused-ring (bicyclic) bond motifs is 1. The van der Waals surface area contributed by atoms with E-state index in [1.54, 1.807) is 0 Å². The molecule has 0 N–H and O–H groups in total. The van der Waals surface area contributed by atoms with Crippen LogP contribution in [0.15, 0.2) is 42.5 Å². The molecule has 1 aliphatic rings. The summed E-state index contributed by atoms with van der Waals surface area (Å²) in [6, 6.07) is 15.2. The first-order valence-electron chi connectivity index (χ1n) is 7.18. The molecule has 0 saturated carbocycles. The zero-order valence-electron chi connectivity index (χ0n) is 11.7. The lowest BCUT2D eigenvalue weighted by molar-refractivity contribution is 0.288. The molecule has 2 heteroatoms. The minimum Gasteiger partial charge on any atom is -0.493 e. The van der Waals surface area contributed by atoms with Crippen molar-refractivity contribution in [2.75, 3.05) is 6.61 Å². The first kappa shape index (κ1) is 13.7. The molecule has 2 aromatic rings. The van der Waals surface area contributed by atoms with Gasteiger partial charge in [0.1, 0.15) is 5.75 Å². The molecule has 0 fully saturated rings. The fraction of sp³-hybridized carbons (Fsp3) is 0.333. The maximum Gasteiger partial charge on any atom is 0.122 e. The fourth-order valence-electron chi connectivity index (χ4n) is 2.73. The van der Waals surface area contributed by atoms with Crippen LogP contribution < -0.4 is 4.74 Å². The minimum absolute atomic E-state index is 0.357. The number of ether oxygens (including phenoxy) is 1. The molecule has 1 nitrogen and oxygen atoms in total. The average Bonchev–Trinajstić information content (AvgIpc) is 2.49. The van der Waals surface area contributed by atoms with Crippen molar-refractivity contribution in [2.24, 2.45) is 0 Å². The van der Waals surface area contributed by atoms with E-state index in [2.05, 4.69) is 65.3 Å². The molecule has 0 radical (unpaired) electrons. The molecule has 0 aromatic heterocycles. The molecule has 0 bridgehead atoms. The van der Waals surface area contributed by atoms with E-state index in [0.29, 0.717) is 4.83 Å². The van der Waals surface area contributed by atoms with Gasteiger partial charge in [0, 0.05) is 4.83 Å². The van der Waals surface area contributed by atoms with E-state index in [9.17, 15) is 0 Å². The van der Waals surface area contributed by atoms with Crippen LogP contribution in [0, 0.1) is 6.92 Å². The first-order chi connectivity index (χ1) is 9.74. The normalized spacial score (nSPS) is 15.3. The third kappa shape index (κ3) is 2.90. The lowest BCUT2D eigenvalue weighted by Crippen LogP contribution is -2.09. The smallest absolute Gasteiger partial charge is 0.122 e. The summed E-state index contributed by atoms with van der Waals surface area (Å²) in [7, 11) is 0. The van der Waals surface area contributed by atoms with Crippen molar-refractivity contribution < 1.29 is 4.74 Å². The predicted molar refractivity (Wildman–Crippen MR) is 86.8 cm³/mol. The third-order valence-electron chi connectivity index (χ3n) is 3.95. The number of alkyl halides is 1. The summed E-state index contributed by atoms with van der Waals surface area (Å²) in [6.45, 7) is 3.03. The zero-order valence-corrected chi connectivity index (χ0v) is 13.3. The number of rotatable bonds is 3.